The molecule has 0 N–H and O–H groups in total. The zero-order valence-corrected chi connectivity index (χ0v) is 26.9. The van der Waals surface area contributed by atoms with E-state index in [9.17, 15) is 19.2 Å². The van der Waals surface area contributed by atoms with Crippen molar-refractivity contribution >= 4 is 39.8 Å². The number of alkyl halides is 1. The maximum atomic E-state index is 12.7. The highest BCUT2D eigenvalue weighted by molar-refractivity contribution is 9.09. The summed E-state index contributed by atoms with van der Waals surface area (Å²) in [6.45, 7) is 3.87. The van der Waals surface area contributed by atoms with E-state index in [4.69, 9.17) is 18.9 Å². The molecule has 0 aliphatic carbocycles. The average Bonchev–Trinajstić information content (AvgIpc) is 3.01. The van der Waals surface area contributed by atoms with E-state index in [1.54, 1.807) is 43.3 Å². The zero-order valence-electron chi connectivity index (χ0n) is 25.3. The Bertz CT molecular complexity index is 1380. The molecule has 0 atom stereocenters. The van der Waals surface area contributed by atoms with Crippen LogP contribution < -0.4 is 18.9 Å². The van der Waals surface area contributed by atoms with Crippen LogP contribution in [0.2, 0.25) is 0 Å². The molecule has 3 rings (SSSR count). The van der Waals surface area contributed by atoms with Crippen LogP contribution in [0.5, 0.6) is 23.0 Å². The molecule has 3 aromatic rings. The summed E-state index contributed by atoms with van der Waals surface area (Å²) in [7, 11) is 0. The van der Waals surface area contributed by atoms with Crippen LogP contribution in [-0.2, 0) is 9.59 Å². The molecular formula is C35H39BrO8. The smallest absolute Gasteiger partial charge is 0.343 e. The van der Waals surface area contributed by atoms with Crippen molar-refractivity contribution in [2.45, 2.75) is 78.1 Å². The second kappa shape index (κ2) is 18.6. The monoisotopic (exact) mass is 666 g/mol. The van der Waals surface area contributed by atoms with Gasteiger partial charge in [0, 0.05) is 18.2 Å². The maximum Gasteiger partial charge on any atom is 0.343 e. The van der Waals surface area contributed by atoms with Gasteiger partial charge in [-0.05, 0) is 98.5 Å². The highest BCUT2D eigenvalue weighted by Crippen LogP contribution is 2.26. The molecule has 9 heteroatoms. The third-order valence-electron chi connectivity index (χ3n) is 6.70. The molecular weight excluding hydrogens is 628 g/mol. The van der Waals surface area contributed by atoms with E-state index in [1.807, 2.05) is 0 Å². The van der Waals surface area contributed by atoms with E-state index < -0.39 is 11.9 Å². The summed E-state index contributed by atoms with van der Waals surface area (Å²) in [6, 6.07) is 17.0. The first-order chi connectivity index (χ1) is 21.3. The summed E-state index contributed by atoms with van der Waals surface area (Å²) in [5.74, 6) is -0.446. The molecule has 234 valence electrons. The van der Waals surface area contributed by atoms with Gasteiger partial charge >= 0.3 is 23.9 Å². The molecule has 0 aromatic heterocycles. The van der Waals surface area contributed by atoms with Crippen molar-refractivity contribution in [1.82, 2.24) is 0 Å². The van der Waals surface area contributed by atoms with Crippen LogP contribution in [-0.4, -0.2) is 29.2 Å². The Kier molecular flexibility index (Phi) is 14.6. The molecule has 0 fully saturated rings. The lowest BCUT2D eigenvalue weighted by Gasteiger charge is -2.11. The fraction of sp³-hybridized carbons (Fsp3) is 0.371. The molecule has 0 saturated heterocycles. The second-order valence-corrected chi connectivity index (χ2v) is 11.2. The Labute approximate surface area is 267 Å². The van der Waals surface area contributed by atoms with Crippen LogP contribution in [0.15, 0.2) is 66.7 Å². The molecule has 0 aliphatic rings. The third kappa shape index (κ3) is 12.0. The van der Waals surface area contributed by atoms with Gasteiger partial charge in [0.25, 0.3) is 0 Å². The summed E-state index contributed by atoms with van der Waals surface area (Å²) < 4.78 is 21.7. The quantitative estimate of drug-likeness (QED) is 0.0611. The van der Waals surface area contributed by atoms with Gasteiger partial charge in [0.1, 0.15) is 23.0 Å². The molecule has 8 nitrogen and oxygen atoms in total. The lowest BCUT2D eigenvalue weighted by Crippen LogP contribution is -2.11. The second-order valence-electron chi connectivity index (χ2n) is 10.4. The number of ether oxygens (including phenoxy) is 4. The summed E-state index contributed by atoms with van der Waals surface area (Å²) in [6.07, 6.45) is 8.64. The van der Waals surface area contributed by atoms with Crippen molar-refractivity contribution in [3.63, 3.8) is 0 Å². The summed E-state index contributed by atoms with van der Waals surface area (Å²) in [4.78, 5) is 49.4. The van der Waals surface area contributed by atoms with E-state index in [1.165, 1.54) is 36.8 Å². The molecule has 0 radical (unpaired) electrons. The van der Waals surface area contributed by atoms with Crippen LogP contribution >= 0.6 is 15.9 Å². The number of aryl methyl sites for hydroxylation is 1. The fourth-order valence-corrected chi connectivity index (χ4v) is 4.62. The molecule has 0 heterocycles. The Balaban J connectivity index is 1.47. The van der Waals surface area contributed by atoms with Crippen LogP contribution in [0.25, 0.3) is 0 Å². The van der Waals surface area contributed by atoms with Crippen molar-refractivity contribution in [1.29, 1.82) is 0 Å². The predicted molar refractivity (Wildman–Crippen MR) is 171 cm³/mol. The summed E-state index contributed by atoms with van der Waals surface area (Å²) >= 11 is 3.37. The fourth-order valence-electron chi connectivity index (χ4n) is 4.22. The minimum atomic E-state index is -0.584. The Hall–Kier alpha value is -3.98. The maximum absolute atomic E-state index is 12.7. The molecule has 0 amide bonds. The number of halogens is 1. The molecule has 0 aliphatic heterocycles. The van der Waals surface area contributed by atoms with Gasteiger partial charge in [0.15, 0.2) is 0 Å². The van der Waals surface area contributed by atoms with Gasteiger partial charge in [-0.2, -0.15) is 0 Å². The first-order valence-electron chi connectivity index (χ1n) is 15.0. The number of benzene rings is 3. The normalized spacial score (nSPS) is 10.6. The molecule has 0 saturated carbocycles. The van der Waals surface area contributed by atoms with Gasteiger partial charge in [-0.25, -0.2) is 9.59 Å². The summed E-state index contributed by atoms with van der Waals surface area (Å²) in [5.41, 5.74) is 1.17. The van der Waals surface area contributed by atoms with Crippen molar-refractivity contribution in [3.05, 3.63) is 83.4 Å². The highest BCUT2D eigenvalue weighted by atomic mass is 79.9. The average molecular weight is 668 g/mol. The largest absolute Gasteiger partial charge is 0.427 e. The van der Waals surface area contributed by atoms with Gasteiger partial charge in [-0.15, -0.1) is 0 Å². The predicted octanol–water partition coefficient (Wildman–Crippen LogP) is 8.56. The topological polar surface area (TPSA) is 105 Å². The van der Waals surface area contributed by atoms with E-state index in [0.717, 1.165) is 50.3 Å². The number of carbonyl (C=O) groups excluding carboxylic acids is 4. The Morgan fingerprint density at radius 2 is 1.05 bits per heavy atom. The number of rotatable bonds is 17. The Morgan fingerprint density at radius 3 is 1.55 bits per heavy atom. The van der Waals surface area contributed by atoms with Gasteiger partial charge in [0.2, 0.25) is 0 Å². The molecule has 0 unspecified atom stereocenters. The molecule has 0 bridgehead atoms. The molecule has 44 heavy (non-hydrogen) atoms. The molecule has 0 spiro atoms. The van der Waals surface area contributed by atoms with Crippen LogP contribution in [0.3, 0.4) is 0 Å². The van der Waals surface area contributed by atoms with E-state index in [2.05, 4.69) is 22.9 Å². The number of hydrogen-bond acceptors (Lipinski definition) is 8. The third-order valence-corrected chi connectivity index (χ3v) is 7.26. The van der Waals surface area contributed by atoms with Gasteiger partial charge in [0.05, 0.1) is 11.1 Å². The number of carbonyl (C=O) groups is 4. The number of hydrogen-bond donors (Lipinski definition) is 0. The van der Waals surface area contributed by atoms with Crippen molar-refractivity contribution in [2.75, 3.05) is 5.33 Å². The number of esters is 4. The van der Waals surface area contributed by atoms with Crippen LogP contribution in [0.1, 0.15) is 97.4 Å². The highest BCUT2D eigenvalue weighted by Gasteiger charge is 2.15. The van der Waals surface area contributed by atoms with Crippen molar-refractivity contribution < 1.29 is 38.1 Å². The van der Waals surface area contributed by atoms with Gasteiger partial charge < -0.3 is 18.9 Å². The standard InChI is InChI=1S/C35H39BrO8/c1-3-4-5-6-8-11-32(37)41-29-19-15-27(16-20-29)35(40)44-31-22-21-30(24-25(31)2)43-34(39)26-13-17-28(18-14-26)42-33(38)12-9-7-10-23-36/h13-22,24H,3-12,23H2,1-2H3. The first kappa shape index (κ1) is 34.5. The molecule has 3 aromatic carbocycles. The van der Waals surface area contributed by atoms with Crippen LogP contribution in [0, 0.1) is 6.92 Å². The lowest BCUT2D eigenvalue weighted by molar-refractivity contribution is -0.135. The SMILES string of the molecule is CCCCCCCC(=O)Oc1ccc(C(=O)Oc2ccc(OC(=O)c3ccc(OC(=O)CCCCCBr)cc3)cc2C)cc1. The summed E-state index contributed by atoms with van der Waals surface area (Å²) in [5, 5.41) is 0.910. The van der Waals surface area contributed by atoms with Gasteiger partial charge in [-0.1, -0.05) is 55.0 Å². The van der Waals surface area contributed by atoms with E-state index in [-0.39, 0.29) is 23.3 Å². The minimum absolute atomic E-state index is 0.280. The lowest BCUT2D eigenvalue weighted by atomic mass is 10.1. The Morgan fingerprint density at radius 1 is 0.568 bits per heavy atom. The van der Waals surface area contributed by atoms with E-state index >= 15 is 0 Å². The van der Waals surface area contributed by atoms with Crippen LogP contribution in [0.4, 0.5) is 0 Å². The van der Waals surface area contributed by atoms with E-state index in [0.29, 0.717) is 41.2 Å². The van der Waals surface area contributed by atoms with Crippen molar-refractivity contribution in [3.8, 4) is 23.0 Å². The minimum Gasteiger partial charge on any atom is -0.427 e. The first-order valence-corrected chi connectivity index (χ1v) is 16.1. The zero-order chi connectivity index (χ0) is 31.7. The van der Waals surface area contributed by atoms with Crippen molar-refractivity contribution in [2.24, 2.45) is 0 Å². The number of unbranched alkanes of at least 4 members (excludes halogenated alkanes) is 6. The van der Waals surface area contributed by atoms with Gasteiger partial charge in [-0.3, -0.25) is 9.59 Å².